The summed E-state index contributed by atoms with van der Waals surface area (Å²) in [6, 6.07) is 0. The lowest BCUT2D eigenvalue weighted by Crippen LogP contribution is -2.33. The highest BCUT2D eigenvalue weighted by atomic mass is 28.3. The van der Waals surface area contributed by atoms with E-state index in [1.165, 1.54) is 12.8 Å². The number of rotatable bonds is 1. The Balaban J connectivity index is 2.65. The van der Waals surface area contributed by atoms with Gasteiger partial charge < -0.3 is 5.84 Å². The minimum Gasteiger partial charge on any atom is -0.323 e. The summed E-state index contributed by atoms with van der Waals surface area (Å²) in [5, 5.41) is 4.70. The van der Waals surface area contributed by atoms with Gasteiger partial charge in [0.15, 0.2) is 0 Å². The van der Waals surface area contributed by atoms with E-state index in [4.69, 9.17) is 5.84 Å². The molecule has 0 bridgehead atoms. The molecule has 1 aliphatic rings. The van der Waals surface area contributed by atoms with E-state index >= 15 is 0 Å². The molecule has 0 amide bonds. The molecule has 0 aliphatic heterocycles. The summed E-state index contributed by atoms with van der Waals surface area (Å²) in [4.78, 5) is 0. The Bertz CT molecular complexity index is 248. The molecule has 0 aromatic carbocycles. The van der Waals surface area contributed by atoms with Crippen LogP contribution in [0.15, 0.2) is 5.10 Å². The lowest BCUT2D eigenvalue weighted by Gasteiger charge is -2.12. The predicted octanol–water partition coefficient (Wildman–Crippen LogP) is 1.59. The van der Waals surface area contributed by atoms with E-state index in [2.05, 4.69) is 36.6 Å². The molecule has 12 heavy (non-hydrogen) atoms. The monoisotopic (exact) mass is 180 g/mol. The first kappa shape index (κ1) is 9.34. The second-order valence-electron chi connectivity index (χ2n) is 4.27. The fourth-order valence-corrected chi connectivity index (χ4v) is 1.65. The van der Waals surface area contributed by atoms with Crippen LogP contribution in [0.1, 0.15) is 12.8 Å². The van der Waals surface area contributed by atoms with E-state index in [0.29, 0.717) is 5.92 Å². The zero-order chi connectivity index (χ0) is 9.19. The number of hydrogen-bond acceptors (Lipinski definition) is 2. The van der Waals surface area contributed by atoms with Crippen molar-refractivity contribution < 1.29 is 0 Å². The molecule has 0 aromatic heterocycles. The van der Waals surface area contributed by atoms with Crippen LogP contribution in [0, 0.1) is 17.8 Å². The molecule has 66 valence electrons. The fraction of sp³-hybridized carbons (Fsp3) is 0.667. The minimum atomic E-state index is -1.37. The van der Waals surface area contributed by atoms with Crippen LogP contribution in [0.2, 0.25) is 19.6 Å². The molecule has 1 rings (SSSR count). The van der Waals surface area contributed by atoms with Crippen molar-refractivity contribution in [1.29, 1.82) is 0 Å². The smallest absolute Gasteiger partial charge is 0.115 e. The molecule has 1 aliphatic carbocycles. The Morgan fingerprint density at radius 2 is 2.00 bits per heavy atom. The molecular weight excluding hydrogens is 164 g/mol. The van der Waals surface area contributed by atoms with Crippen molar-refractivity contribution in [2.24, 2.45) is 16.9 Å². The Kier molecular flexibility index (Phi) is 2.58. The van der Waals surface area contributed by atoms with Crippen LogP contribution in [-0.4, -0.2) is 13.4 Å². The van der Waals surface area contributed by atoms with E-state index in [1.807, 2.05) is 0 Å². The Labute approximate surface area is 75.2 Å². The van der Waals surface area contributed by atoms with Gasteiger partial charge in [0.1, 0.15) is 8.07 Å². The van der Waals surface area contributed by atoms with Crippen molar-refractivity contribution in [1.82, 2.24) is 0 Å². The minimum absolute atomic E-state index is 0.637. The van der Waals surface area contributed by atoms with E-state index in [-0.39, 0.29) is 0 Å². The van der Waals surface area contributed by atoms with Crippen molar-refractivity contribution >= 4 is 13.4 Å². The van der Waals surface area contributed by atoms with Gasteiger partial charge in [0.2, 0.25) is 0 Å². The molecule has 1 saturated carbocycles. The number of nitrogens with zero attached hydrogens (tertiary/aromatic N) is 1. The van der Waals surface area contributed by atoms with Gasteiger partial charge in [-0.25, -0.2) is 0 Å². The first-order chi connectivity index (χ1) is 5.54. The zero-order valence-electron chi connectivity index (χ0n) is 8.02. The van der Waals surface area contributed by atoms with Crippen LogP contribution >= 0.6 is 0 Å². The molecule has 3 heteroatoms. The maximum Gasteiger partial charge on any atom is 0.115 e. The Hall–Kier alpha value is -0.753. The summed E-state index contributed by atoms with van der Waals surface area (Å²) in [6.45, 7) is 6.63. The highest BCUT2D eigenvalue weighted by Crippen LogP contribution is 2.27. The van der Waals surface area contributed by atoms with Gasteiger partial charge in [0.05, 0.1) is 5.33 Å². The Morgan fingerprint density at radius 3 is 2.33 bits per heavy atom. The van der Waals surface area contributed by atoms with Crippen LogP contribution in [0.5, 0.6) is 0 Å². The highest BCUT2D eigenvalue weighted by molar-refractivity contribution is 7.06. The first-order valence-electron chi connectivity index (χ1n) is 4.34. The lowest BCUT2D eigenvalue weighted by molar-refractivity contribution is 1.18. The van der Waals surface area contributed by atoms with Gasteiger partial charge in [-0.2, -0.15) is 5.10 Å². The normalized spacial score (nSPS) is 18.4. The summed E-state index contributed by atoms with van der Waals surface area (Å²) in [7, 11) is -1.37. The SMILES string of the molecule is C[Si](C)(C)/C(C#CC1CC1)=N/N. The fourth-order valence-electron chi connectivity index (χ4n) is 0.812. The summed E-state index contributed by atoms with van der Waals surface area (Å²) < 4.78 is 0. The van der Waals surface area contributed by atoms with Gasteiger partial charge in [-0.1, -0.05) is 31.5 Å². The molecular formula is C9H16N2Si. The molecule has 0 radical (unpaired) electrons. The van der Waals surface area contributed by atoms with Gasteiger partial charge in [0.25, 0.3) is 0 Å². The molecule has 0 saturated heterocycles. The molecule has 2 nitrogen and oxygen atoms in total. The van der Waals surface area contributed by atoms with Gasteiger partial charge in [-0.3, -0.25) is 0 Å². The van der Waals surface area contributed by atoms with E-state index in [0.717, 1.165) is 5.33 Å². The number of hydrazone groups is 1. The van der Waals surface area contributed by atoms with Crippen LogP contribution in [0.25, 0.3) is 0 Å². The summed E-state index contributed by atoms with van der Waals surface area (Å²) in [5.41, 5.74) is 0. The van der Waals surface area contributed by atoms with Crippen molar-refractivity contribution in [3.05, 3.63) is 0 Å². The van der Waals surface area contributed by atoms with Crippen LogP contribution < -0.4 is 5.84 Å². The van der Waals surface area contributed by atoms with E-state index < -0.39 is 8.07 Å². The van der Waals surface area contributed by atoms with E-state index in [9.17, 15) is 0 Å². The Morgan fingerprint density at radius 1 is 1.42 bits per heavy atom. The van der Waals surface area contributed by atoms with Crippen LogP contribution in [0.3, 0.4) is 0 Å². The molecule has 0 unspecified atom stereocenters. The maximum absolute atomic E-state index is 5.29. The van der Waals surface area contributed by atoms with Gasteiger partial charge in [-0.15, -0.1) is 0 Å². The van der Waals surface area contributed by atoms with Crippen molar-refractivity contribution in [2.75, 3.05) is 0 Å². The molecule has 1 fully saturated rings. The van der Waals surface area contributed by atoms with Gasteiger partial charge in [-0.05, 0) is 12.8 Å². The third-order valence-electron chi connectivity index (χ3n) is 1.81. The third-order valence-corrected chi connectivity index (χ3v) is 3.49. The molecule has 2 N–H and O–H groups in total. The number of hydrogen-bond donors (Lipinski definition) is 1. The summed E-state index contributed by atoms with van der Waals surface area (Å²) in [6.07, 6.45) is 2.52. The standard InChI is InChI=1S/C9H16N2Si/c1-12(2,3)9(11-10)7-6-8-4-5-8/h8H,4-5,10H2,1-3H3/b11-9+. The topological polar surface area (TPSA) is 38.4 Å². The van der Waals surface area contributed by atoms with Crippen molar-refractivity contribution in [3.63, 3.8) is 0 Å². The lowest BCUT2D eigenvalue weighted by atomic mass is 10.4. The first-order valence-corrected chi connectivity index (χ1v) is 7.84. The predicted molar refractivity (Wildman–Crippen MR) is 55.5 cm³/mol. The number of nitrogens with two attached hydrogens (primary N) is 1. The van der Waals surface area contributed by atoms with Gasteiger partial charge in [0, 0.05) is 5.92 Å². The quantitative estimate of drug-likeness (QED) is 0.215. The molecule has 0 heterocycles. The molecule has 0 aromatic rings. The summed E-state index contributed by atoms with van der Waals surface area (Å²) >= 11 is 0. The summed E-state index contributed by atoms with van der Waals surface area (Å²) in [5.74, 6) is 12.2. The average Bonchev–Trinajstić information content (AvgIpc) is 2.69. The van der Waals surface area contributed by atoms with Crippen LogP contribution in [-0.2, 0) is 0 Å². The molecule has 0 spiro atoms. The van der Waals surface area contributed by atoms with Gasteiger partial charge >= 0.3 is 0 Å². The second-order valence-corrected chi connectivity index (χ2v) is 9.24. The van der Waals surface area contributed by atoms with E-state index in [1.54, 1.807) is 0 Å². The van der Waals surface area contributed by atoms with Crippen molar-refractivity contribution in [3.8, 4) is 11.8 Å². The maximum atomic E-state index is 5.29. The average molecular weight is 180 g/mol. The zero-order valence-corrected chi connectivity index (χ0v) is 9.02. The highest BCUT2D eigenvalue weighted by Gasteiger charge is 2.22. The molecule has 0 atom stereocenters. The second kappa shape index (κ2) is 3.32. The van der Waals surface area contributed by atoms with Crippen LogP contribution in [0.4, 0.5) is 0 Å². The largest absolute Gasteiger partial charge is 0.323 e. The van der Waals surface area contributed by atoms with Crippen molar-refractivity contribution in [2.45, 2.75) is 32.5 Å². The third kappa shape index (κ3) is 2.71.